The van der Waals surface area contributed by atoms with Crippen molar-refractivity contribution in [1.29, 1.82) is 0 Å². The molecule has 0 aliphatic heterocycles. The number of hydrogen-bond donors (Lipinski definition) is 1. The van der Waals surface area contributed by atoms with Gasteiger partial charge in [-0.15, -0.1) is 0 Å². The molecule has 3 nitrogen and oxygen atoms in total. The second-order valence-electron chi connectivity index (χ2n) is 4.10. The van der Waals surface area contributed by atoms with Crippen LogP contribution in [0.3, 0.4) is 0 Å². The number of halogens is 1. The van der Waals surface area contributed by atoms with Gasteiger partial charge in [0.1, 0.15) is 0 Å². The second kappa shape index (κ2) is 6.92. The van der Waals surface area contributed by atoms with E-state index in [1.165, 1.54) is 0 Å². The zero-order chi connectivity index (χ0) is 13.5. The molecule has 0 aromatic heterocycles. The summed E-state index contributed by atoms with van der Waals surface area (Å²) in [5.74, 6) is -0.182. The van der Waals surface area contributed by atoms with E-state index in [0.29, 0.717) is 11.6 Å². The smallest absolute Gasteiger partial charge is 0.247 e. The average molecular weight is 276 g/mol. The Hall–Kier alpha value is -1.84. The molecule has 4 heteroatoms. The number of carbonyl (C=O) groups is 1. The number of carbonyl (C=O) groups excluding carboxylic acids is 1. The SMILES string of the molecule is O=C(Cc1ccc(Cl)cc1)NOCc1ccccc1. The predicted octanol–water partition coefficient (Wildman–Crippen LogP) is 3.13. The molecule has 2 rings (SSSR count). The van der Waals surface area contributed by atoms with Crippen LogP contribution in [0.15, 0.2) is 54.6 Å². The molecule has 1 N–H and O–H groups in total. The van der Waals surface area contributed by atoms with Gasteiger partial charge < -0.3 is 0 Å². The first-order valence-electron chi connectivity index (χ1n) is 5.93. The lowest BCUT2D eigenvalue weighted by atomic mass is 10.1. The first-order valence-corrected chi connectivity index (χ1v) is 6.31. The Morgan fingerprint density at radius 1 is 1.00 bits per heavy atom. The fourth-order valence-electron chi connectivity index (χ4n) is 1.60. The standard InChI is InChI=1S/C15H14ClNO2/c16-14-8-6-12(7-9-14)10-15(18)17-19-11-13-4-2-1-3-5-13/h1-9H,10-11H2,(H,17,18). The van der Waals surface area contributed by atoms with E-state index >= 15 is 0 Å². The highest BCUT2D eigenvalue weighted by atomic mass is 35.5. The Morgan fingerprint density at radius 2 is 1.68 bits per heavy atom. The third-order valence-electron chi connectivity index (χ3n) is 2.55. The van der Waals surface area contributed by atoms with Crippen LogP contribution in [-0.4, -0.2) is 5.91 Å². The van der Waals surface area contributed by atoms with Crippen LogP contribution in [-0.2, 0) is 22.7 Å². The molecular weight excluding hydrogens is 262 g/mol. The van der Waals surface area contributed by atoms with Gasteiger partial charge >= 0.3 is 0 Å². The lowest BCUT2D eigenvalue weighted by Crippen LogP contribution is -2.25. The van der Waals surface area contributed by atoms with Gasteiger partial charge in [0.2, 0.25) is 5.91 Å². The summed E-state index contributed by atoms with van der Waals surface area (Å²) in [4.78, 5) is 16.8. The maximum atomic E-state index is 11.6. The van der Waals surface area contributed by atoms with E-state index in [1.807, 2.05) is 42.5 Å². The van der Waals surface area contributed by atoms with Gasteiger partial charge in [0.15, 0.2) is 0 Å². The van der Waals surface area contributed by atoms with E-state index in [0.717, 1.165) is 11.1 Å². The average Bonchev–Trinajstić information content (AvgIpc) is 2.43. The monoisotopic (exact) mass is 275 g/mol. The fourth-order valence-corrected chi connectivity index (χ4v) is 1.72. The van der Waals surface area contributed by atoms with Gasteiger partial charge in [-0.05, 0) is 23.3 Å². The van der Waals surface area contributed by atoms with Gasteiger partial charge in [-0.1, -0.05) is 54.1 Å². The summed E-state index contributed by atoms with van der Waals surface area (Å²) < 4.78 is 0. The molecule has 0 saturated heterocycles. The summed E-state index contributed by atoms with van der Waals surface area (Å²) in [6.07, 6.45) is 0.270. The summed E-state index contributed by atoms with van der Waals surface area (Å²) in [6.45, 7) is 0.354. The molecule has 0 radical (unpaired) electrons. The van der Waals surface area contributed by atoms with Crippen molar-refractivity contribution in [1.82, 2.24) is 5.48 Å². The molecule has 98 valence electrons. The highest BCUT2D eigenvalue weighted by Crippen LogP contribution is 2.09. The Balaban J connectivity index is 1.74. The van der Waals surface area contributed by atoms with Crippen LogP contribution in [0.5, 0.6) is 0 Å². The van der Waals surface area contributed by atoms with Crippen molar-refractivity contribution in [3.8, 4) is 0 Å². The summed E-state index contributed by atoms with van der Waals surface area (Å²) in [6, 6.07) is 16.8. The zero-order valence-corrected chi connectivity index (χ0v) is 11.1. The van der Waals surface area contributed by atoms with Crippen molar-refractivity contribution in [3.63, 3.8) is 0 Å². The molecule has 0 aliphatic rings. The minimum absolute atomic E-state index is 0.182. The van der Waals surface area contributed by atoms with Crippen molar-refractivity contribution in [3.05, 3.63) is 70.7 Å². The number of hydroxylamine groups is 1. The number of rotatable bonds is 5. The van der Waals surface area contributed by atoms with Gasteiger partial charge in [-0.3, -0.25) is 9.63 Å². The molecule has 19 heavy (non-hydrogen) atoms. The third kappa shape index (κ3) is 4.73. The van der Waals surface area contributed by atoms with Crippen molar-refractivity contribution >= 4 is 17.5 Å². The van der Waals surface area contributed by atoms with E-state index < -0.39 is 0 Å². The molecule has 0 saturated carbocycles. The van der Waals surface area contributed by atoms with E-state index in [9.17, 15) is 4.79 Å². The number of benzene rings is 2. The molecule has 0 spiro atoms. The lowest BCUT2D eigenvalue weighted by molar-refractivity contribution is -0.133. The van der Waals surface area contributed by atoms with Crippen LogP contribution in [0.4, 0.5) is 0 Å². The topological polar surface area (TPSA) is 38.3 Å². The molecule has 0 unspecified atom stereocenters. The summed E-state index contributed by atoms with van der Waals surface area (Å²) in [5.41, 5.74) is 4.32. The zero-order valence-electron chi connectivity index (χ0n) is 10.3. The van der Waals surface area contributed by atoms with Gasteiger partial charge in [0.05, 0.1) is 13.0 Å². The summed E-state index contributed by atoms with van der Waals surface area (Å²) in [5, 5.41) is 0.657. The van der Waals surface area contributed by atoms with Gasteiger partial charge in [-0.2, -0.15) is 0 Å². The number of amides is 1. The highest BCUT2D eigenvalue weighted by Gasteiger charge is 2.03. The van der Waals surface area contributed by atoms with Crippen LogP contribution in [0.1, 0.15) is 11.1 Å². The molecule has 0 bridgehead atoms. The Bertz CT molecular complexity index is 526. The third-order valence-corrected chi connectivity index (χ3v) is 2.80. The molecule has 1 amide bonds. The van der Waals surface area contributed by atoms with E-state index in [2.05, 4.69) is 5.48 Å². The molecular formula is C15H14ClNO2. The minimum Gasteiger partial charge on any atom is -0.272 e. The van der Waals surface area contributed by atoms with Crippen molar-refractivity contribution in [2.45, 2.75) is 13.0 Å². The largest absolute Gasteiger partial charge is 0.272 e. The van der Waals surface area contributed by atoms with Gasteiger partial charge in [0, 0.05) is 5.02 Å². The van der Waals surface area contributed by atoms with Crippen molar-refractivity contribution < 1.29 is 9.63 Å². The Labute approximate surface area is 117 Å². The number of hydrogen-bond acceptors (Lipinski definition) is 2. The summed E-state index contributed by atoms with van der Waals surface area (Å²) >= 11 is 5.77. The Morgan fingerprint density at radius 3 is 2.37 bits per heavy atom. The maximum Gasteiger partial charge on any atom is 0.247 e. The van der Waals surface area contributed by atoms with E-state index in [-0.39, 0.29) is 12.3 Å². The van der Waals surface area contributed by atoms with Crippen LogP contribution < -0.4 is 5.48 Å². The van der Waals surface area contributed by atoms with Crippen molar-refractivity contribution in [2.75, 3.05) is 0 Å². The first-order chi connectivity index (χ1) is 9.24. The predicted molar refractivity (Wildman–Crippen MR) is 74.5 cm³/mol. The maximum absolute atomic E-state index is 11.6. The molecule has 0 aliphatic carbocycles. The minimum atomic E-state index is -0.182. The first kappa shape index (κ1) is 13.6. The van der Waals surface area contributed by atoms with E-state index in [4.69, 9.17) is 16.4 Å². The van der Waals surface area contributed by atoms with Crippen LogP contribution in [0.25, 0.3) is 0 Å². The second-order valence-corrected chi connectivity index (χ2v) is 4.54. The van der Waals surface area contributed by atoms with E-state index in [1.54, 1.807) is 12.1 Å². The molecule has 0 fully saturated rings. The van der Waals surface area contributed by atoms with Crippen LogP contribution >= 0.6 is 11.6 Å². The normalized spacial score (nSPS) is 10.2. The van der Waals surface area contributed by atoms with Crippen LogP contribution in [0, 0.1) is 0 Å². The van der Waals surface area contributed by atoms with Crippen LogP contribution in [0.2, 0.25) is 5.02 Å². The van der Waals surface area contributed by atoms with Gasteiger partial charge in [0.25, 0.3) is 0 Å². The highest BCUT2D eigenvalue weighted by molar-refractivity contribution is 6.30. The molecule has 2 aromatic carbocycles. The molecule has 2 aromatic rings. The molecule has 0 heterocycles. The summed E-state index contributed by atoms with van der Waals surface area (Å²) in [7, 11) is 0. The Kier molecular flexibility index (Phi) is 4.95. The molecule has 0 atom stereocenters. The lowest BCUT2D eigenvalue weighted by Gasteiger charge is -2.06. The van der Waals surface area contributed by atoms with Gasteiger partial charge in [-0.25, -0.2) is 5.48 Å². The quantitative estimate of drug-likeness (QED) is 0.852. The fraction of sp³-hybridized carbons (Fsp3) is 0.133. The number of nitrogens with one attached hydrogen (secondary N) is 1. The van der Waals surface area contributed by atoms with Crippen molar-refractivity contribution in [2.24, 2.45) is 0 Å².